The number of carbonyl (C=O) groups excluding carboxylic acids is 1. The lowest BCUT2D eigenvalue weighted by Gasteiger charge is -2.08. The summed E-state index contributed by atoms with van der Waals surface area (Å²) in [7, 11) is 0. The van der Waals surface area contributed by atoms with Crippen LogP contribution in [0.4, 0.5) is 10.2 Å². The number of rotatable bonds is 6. The first-order valence-electron chi connectivity index (χ1n) is 6.39. The zero-order chi connectivity index (χ0) is 13.0. The molecular weight excluding hydrogens is 233 g/mol. The van der Waals surface area contributed by atoms with Gasteiger partial charge in [-0.3, -0.25) is 4.79 Å². The van der Waals surface area contributed by atoms with Crippen LogP contribution in [-0.2, 0) is 0 Å². The van der Waals surface area contributed by atoms with Gasteiger partial charge in [-0.05, 0) is 25.3 Å². The van der Waals surface area contributed by atoms with E-state index < -0.39 is 5.82 Å². The maximum absolute atomic E-state index is 13.9. The summed E-state index contributed by atoms with van der Waals surface area (Å²) in [6.45, 7) is 3.03. The number of halogens is 1. The van der Waals surface area contributed by atoms with Gasteiger partial charge in [0.1, 0.15) is 0 Å². The highest BCUT2D eigenvalue weighted by Crippen LogP contribution is 2.31. The molecule has 18 heavy (non-hydrogen) atoms. The van der Waals surface area contributed by atoms with Crippen molar-refractivity contribution in [3.8, 4) is 0 Å². The molecule has 1 saturated carbocycles. The third-order valence-electron chi connectivity index (χ3n) is 3.01. The van der Waals surface area contributed by atoms with Crippen LogP contribution in [-0.4, -0.2) is 24.0 Å². The van der Waals surface area contributed by atoms with Gasteiger partial charge in [-0.25, -0.2) is 9.37 Å². The fourth-order valence-corrected chi connectivity index (χ4v) is 1.80. The molecule has 0 atom stereocenters. The third kappa shape index (κ3) is 3.18. The van der Waals surface area contributed by atoms with Gasteiger partial charge in [0.15, 0.2) is 11.6 Å². The van der Waals surface area contributed by atoms with E-state index in [1.807, 2.05) is 6.92 Å². The Labute approximate surface area is 106 Å². The Bertz CT molecular complexity index is 432. The molecule has 0 aliphatic heterocycles. The molecule has 0 bridgehead atoms. The Morgan fingerprint density at radius 1 is 1.56 bits per heavy atom. The van der Waals surface area contributed by atoms with Crippen molar-refractivity contribution in [2.75, 3.05) is 18.4 Å². The van der Waals surface area contributed by atoms with E-state index in [1.54, 1.807) is 0 Å². The zero-order valence-electron chi connectivity index (χ0n) is 10.5. The van der Waals surface area contributed by atoms with Crippen LogP contribution < -0.4 is 10.6 Å². The number of hydrogen-bond donors (Lipinski definition) is 2. The van der Waals surface area contributed by atoms with Crippen LogP contribution in [0, 0.1) is 11.7 Å². The van der Waals surface area contributed by atoms with Gasteiger partial charge < -0.3 is 10.6 Å². The summed E-state index contributed by atoms with van der Waals surface area (Å²) in [5.41, 5.74) is 0.0525. The van der Waals surface area contributed by atoms with Gasteiger partial charge in [0.05, 0.1) is 5.56 Å². The van der Waals surface area contributed by atoms with Crippen LogP contribution in [0.2, 0.25) is 0 Å². The van der Waals surface area contributed by atoms with Crippen LogP contribution in [0.25, 0.3) is 0 Å². The van der Waals surface area contributed by atoms with E-state index in [0.29, 0.717) is 13.1 Å². The molecule has 0 saturated heterocycles. The standard InChI is InChI=1S/C13H18FN3O/c1-2-15-12-11(14)10(6-8-16-12)13(18)17-7-5-9-3-4-9/h6,8-9H,2-5,7H2,1H3,(H,15,16)(H,17,18). The van der Waals surface area contributed by atoms with Gasteiger partial charge in [0.2, 0.25) is 0 Å². The molecule has 98 valence electrons. The predicted octanol–water partition coefficient (Wildman–Crippen LogP) is 2.18. The zero-order valence-corrected chi connectivity index (χ0v) is 10.5. The van der Waals surface area contributed by atoms with Gasteiger partial charge in [0.25, 0.3) is 5.91 Å². The minimum absolute atomic E-state index is 0.0525. The molecule has 1 aromatic heterocycles. The smallest absolute Gasteiger partial charge is 0.254 e. The van der Waals surface area contributed by atoms with Crippen LogP contribution in [0.5, 0.6) is 0 Å². The number of aromatic nitrogens is 1. The van der Waals surface area contributed by atoms with E-state index in [4.69, 9.17) is 0 Å². The van der Waals surface area contributed by atoms with Crippen LogP contribution >= 0.6 is 0 Å². The number of carbonyl (C=O) groups is 1. The summed E-state index contributed by atoms with van der Waals surface area (Å²) in [6, 6.07) is 1.41. The van der Waals surface area contributed by atoms with Crippen LogP contribution in [0.15, 0.2) is 12.3 Å². The summed E-state index contributed by atoms with van der Waals surface area (Å²) in [6.07, 6.45) is 4.93. The maximum atomic E-state index is 13.9. The number of hydrogen-bond acceptors (Lipinski definition) is 3. The highest BCUT2D eigenvalue weighted by molar-refractivity contribution is 5.95. The fraction of sp³-hybridized carbons (Fsp3) is 0.538. The van der Waals surface area contributed by atoms with Gasteiger partial charge in [0, 0.05) is 19.3 Å². The van der Waals surface area contributed by atoms with Crippen molar-refractivity contribution < 1.29 is 9.18 Å². The summed E-state index contributed by atoms with van der Waals surface area (Å²) < 4.78 is 13.9. The molecule has 2 rings (SSSR count). The summed E-state index contributed by atoms with van der Waals surface area (Å²) >= 11 is 0. The van der Waals surface area contributed by atoms with Crippen molar-refractivity contribution in [1.29, 1.82) is 0 Å². The Hall–Kier alpha value is -1.65. The number of amides is 1. The Morgan fingerprint density at radius 2 is 2.33 bits per heavy atom. The Balaban J connectivity index is 1.97. The second-order valence-electron chi connectivity index (χ2n) is 4.54. The lowest BCUT2D eigenvalue weighted by molar-refractivity contribution is 0.0948. The molecule has 1 amide bonds. The van der Waals surface area contributed by atoms with E-state index >= 15 is 0 Å². The highest BCUT2D eigenvalue weighted by Gasteiger charge is 2.21. The monoisotopic (exact) mass is 251 g/mol. The molecule has 5 heteroatoms. The van der Waals surface area contributed by atoms with Crippen molar-refractivity contribution in [1.82, 2.24) is 10.3 Å². The molecule has 4 nitrogen and oxygen atoms in total. The van der Waals surface area contributed by atoms with Crippen molar-refractivity contribution in [2.45, 2.75) is 26.2 Å². The molecule has 1 aliphatic carbocycles. The van der Waals surface area contributed by atoms with E-state index in [2.05, 4.69) is 15.6 Å². The first-order chi connectivity index (χ1) is 8.72. The lowest BCUT2D eigenvalue weighted by atomic mass is 10.2. The number of anilines is 1. The van der Waals surface area contributed by atoms with Crippen molar-refractivity contribution in [3.05, 3.63) is 23.6 Å². The van der Waals surface area contributed by atoms with Crippen LogP contribution in [0.1, 0.15) is 36.5 Å². The second kappa shape index (κ2) is 5.80. The minimum Gasteiger partial charge on any atom is -0.368 e. The second-order valence-corrected chi connectivity index (χ2v) is 4.54. The van der Waals surface area contributed by atoms with Crippen molar-refractivity contribution in [3.63, 3.8) is 0 Å². The molecule has 0 unspecified atom stereocenters. The van der Waals surface area contributed by atoms with Gasteiger partial charge in [-0.15, -0.1) is 0 Å². The molecule has 1 fully saturated rings. The lowest BCUT2D eigenvalue weighted by Crippen LogP contribution is -2.26. The van der Waals surface area contributed by atoms with Gasteiger partial charge in [-0.1, -0.05) is 12.8 Å². The molecule has 1 heterocycles. The predicted molar refractivity (Wildman–Crippen MR) is 68.0 cm³/mol. The SMILES string of the molecule is CCNc1nccc(C(=O)NCCC2CC2)c1F. The maximum Gasteiger partial charge on any atom is 0.254 e. The number of nitrogens with zero attached hydrogens (tertiary/aromatic N) is 1. The van der Waals surface area contributed by atoms with Crippen LogP contribution in [0.3, 0.4) is 0 Å². The summed E-state index contributed by atoms with van der Waals surface area (Å²) in [5, 5.41) is 5.54. The molecule has 0 aromatic carbocycles. The number of nitrogens with one attached hydrogen (secondary N) is 2. The first kappa shape index (κ1) is 12.8. The average Bonchev–Trinajstić information content (AvgIpc) is 3.16. The minimum atomic E-state index is -0.580. The van der Waals surface area contributed by atoms with E-state index in [0.717, 1.165) is 12.3 Å². The van der Waals surface area contributed by atoms with E-state index in [-0.39, 0.29) is 17.3 Å². The molecule has 1 aliphatic rings. The molecule has 2 N–H and O–H groups in total. The Kier molecular flexibility index (Phi) is 4.12. The van der Waals surface area contributed by atoms with Gasteiger partial charge in [-0.2, -0.15) is 0 Å². The largest absolute Gasteiger partial charge is 0.368 e. The van der Waals surface area contributed by atoms with E-state index in [9.17, 15) is 9.18 Å². The van der Waals surface area contributed by atoms with E-state index in [1.165, 1.54) is 25.1 Å². The average molecular weight is 251 g/mol. The highest BCUT2D eigenvalue weighted by atomic mass is 19.1. The molecule has 0 radical (unpaired) electrons. The number of pyridine rings is 1. The van der Waals surface area contributed by atoms with Crippen molar-refractivity contribution in [2.24, 2.45) is 5.92 Å². The normalized spacial score (nSPS) is 14.3. The summed E-state index contributed by atoms with van der Waals surface area (Å²) in [5.74, 6) is -0.0600. The topological polar surface area (TPSA) is 54.0 Å². The van der Waals surface area contributed by atoms with Crippen molar-refractivity contribution >= 4 is 11.7 Å². The fourth-order valence-electron chi connectivity index (χ4n) is 1.80. The summed E-state index contributed by atoms with van der Waals surface area (Å²) in [4.78, 5) is 15.7. The molecular formula is C13H18FN3O. The first-order valence-corrected chi connectivity index (χ1v) is 6.39. The third-order valence-corrected chi connectivity index (χ3v) is 3.01. The molecule has 1 aromatic rings. The quantitative estimate of drug-likeness (QED) is 0.814. The van der Waals surface area contributed by atoms with Gasteiger partial charge >= 0.3 is 0 Å². The Morgan fingerprint density at radius 3 is 3.00 bits per heavy atom. The molecule has 0 spiro atoms.